The summed E-state index contributed by atoms with van der Waals surface area (Å²) in [5, 5.41) is 2.88. The van der Waals surface area contributed by atoms with Crippen LogP contribution in [0.3, 0.4) is 0 Å². The summed E-state index contributed by atoms with van der Waals surface area (Å²) in [5.74, 6) is 5.59. The topological polar surface area (TPSA) is 68.0 Å². The first-order valence-electron chi connectivity index (χ1n) is 6.17. The van der Waals surface area contributed by atoms with Crippen molar-refractivity contribution >= 4 is 17.2 Å². The highest BCUT2D eigenvalue weighted by Gasteiger charge is 2.08. The van der Waals surface area contributed by atoms with Gasteiger partial charge in [0, 0.05) is 18.9 Å². The molecule has 2 heterocycles. The Morgan fingerprint density at radius 1 is 1.45 bits per heavy atom. The lowest BCUT2D eigenvalue weighted by molar-refractivity contribution is 0.0955. The number of aromatic nitrogens is 1. The number of aryl methyl sites for hydroxylation is 1. The van der Waals surface area contributed by atoms with Crippen LogP contribution in [0.4, 0.5) is 0 Å². The zero-order chi connectivity index (χ0) is 14.4. The number of rotatable bonds is 3. The second-order valence-corrected chi connectivity index (χ2v) is 5.24. The van der Waals surface area contributed by atoms with E-state index in [0.717, 1.165) is 16.0 Å². The van der Waals surface area contributed by atoms with Crippen molar-refractivity contribution in [3.63, 3.8) is 0 Å². The van der Waals surface area contributed by atoms with Gasteiger partial charge in [-0.3, -0.25) is 9.78 Å². The highest BCUT2D eigenvalue weighted by molar-refractivity contribution is 7.14. The zero-order valence-electron chi connectivity index (χ0n) is 11.1. The first-order chi connectivity index (χ1) is 9.70. The largest absolute Gasteiger partial charge is 0.347 e. The number of thiophene rings is 1. The van der Waals surface area contributed by atoms with E-state index in [4.69, 9.17) is 5.73 Å². The maximum absolute atomic E-state index is 12.0. The van der Waals surface area contributed by atoms with Gasteiger partial charge in [-0.2, -0.15) is 0 Å². The van der Waals surface area contributed by atoms with Crippen LogP contribution in [-0.4, -0.2) is 17.4 Å². The van der Waals surface area contributed by atoms with Crippen LogP contribution in [0, 0.1) is 18.8 Å². The molecule has 0 saturated heterocycles. The number of amides is 1. The van der Waals surface area contributed by atoms with E-state index in [9.17, 15) is 4.79 Å². The van der Waals surface area contributed by atoms with Crippen molar-refractivity contribution in [1.82, 2.24) is 10.3 Å². The van der Waals surface area contributed by atoms with Gasteiger partial charge in [-0.15, -0.1) is 11.3 Å². The molecule has 2 rings (SSSR count). The third-order valence-corrected chi connectivity index (χ3v) is 3.73. The summed E-state index contributed by atoms with van der Waals surface area (Å²) in [6, 6.07) is 5.53. The first-order valence-corrected chi connectivity index (χ1v) is 6.99. The van der Waals surface area contributed by atoms with E-state index in [1.54, 1.807) is 18.5 Å². The summed E-state index contributed by atoms with van der Waals surface area (Å²) in [7, 11) is 0. The van der Waals surface area contributed by atoms with E-state index in [1.165, 1.54) is 11.3 Å². The van der Waals surface area contributed by atoms with Gasteiger partial charge >= 0.3 is 0 Å². The van der Waals surface area contributed by atoms with Gasteiger partial charge in [-0.1, -0.05) is 11.8 Å². The van der Waals surface area contributed by atoms with Gasteiger partial charge in [0.2, 0.25) is 0 Å². The van der Waals surface area contributed by atoms with Crippen molar-refractivity contribution in [1.29, 1.82) is 0 Å². The third kappa shape index (κ3) is 3.67. The zero-order valence-corrected chi connectivity index (χ0v) is 12.0. The maximum atomic E-state index is 12.0. The fourth-order valence-electron chi connectivity index (χ4n) is 1.61. The predicted molar refractivity (Wildman–Crippen MR) is 80.4 cm³/mol. The molecule has 0 unspecified atom stereocenters. The molecule has 0 fully saturated rings. The van der Waals surface area contributed by atoms with E-state index < -0.39 is 0 Å². The quantitative estimate of drug-likeness (QED) is 0.843. The molecule has 5 heteroatoms. The minimum atomic E-state index is -0.0981. The van der Waals surface area contributed by atoms with E-state index >= 15 is 0 Å². The normalized spacial score (nSPS) is 9.70. The van der Waals surface area contributed by atoms with Crippen LogP contribution < -0.4 is 11.1 Å². The van der Waals surface area contributed by atoms with Gasteiger partial charge < -0.3 is 11.1 Å². The molecule has 0 atom stereocenters. The SMILES string of the molecule is Cc1ccncc1CNC(=O)c1ccc(C#CCN)s1. The number of nitrogens with two attached hydrogens (primary N) is 1. The maximum Gasteiger partial charge on any atom is 0.261 e. The second-order valence-electron chi connectivity index (χ2n) is 4.15. The minimum Gasteiger partial charge on any atom is -0.347 e. The van der Waals surface area contributed by atoms with E-state index in [1.807, 2.05) is 19.1 Å². The number of pyridine rings is 1. The lowest BCUT2D eigenvalue weighted by atomic mass is 10.1. The van der Waals surface area contributed by atoms with Crippen molar-refractivity contribution in [2.24, 2.45) is 5.73 Å². The number of carbonyl (C=O) groups excluding carboxylic acids is 1. The van der Waals surface area contributed by atoms with Crippen LogP contribution in [-0.2, 0) is 6.54 Å². The summed E-state index contributed by atoms with van der Waals surface area (Å²) in [5.41, 5.74) is 7.44. The van der Waals surface area contributed by atoms with E-state index in [-0.39, 0.29) is 5.91 Å². The molecule has 0 aliphatic heterocycles. The molecule has 0 aliphatic carbocycles. The predicted octanol–water partition coefficient (Wildman–Crippen LogP) is 1.69. The van der Waals surface area contributed by atoms with Crippen LogP contribution in [0.5, 0.6) is 0 Å². The third-order valence-electron chi connectivity index (χ3n) is 2.73. The van der Waals surface area contributed by atoms with Gasteiger partial charge in [0.15, 0.2) is 0 Å². The van der Waals surface area contributed by atoms with Crippen LogP contribution in [0.25, 0.3) is 0 Å². The Morgan fingerprint density at radius 2 is 2.30 bits per heavy atom. The molecule has 0 spiro atoms. The number of hydrogen-bond acceptors (Lipinski definition) is 4. The molecule has 4 nitrogen and oxygen atoms in total. The Balaban J connectivity index is 1.98. The minimum absolute atomic E-state index is 0.0981. The van der Waals surface area contributed by atoms with Crippen LogP contribution >= 0.6 is 11.3 Å². The standard InChI is InChI=1S/C15H15N3OS/c1-11-6-8-17-9-12(11)10-18-15(19)14-5-4-13(20-14)3-2-7-16/h4-6,8-9H,7,10,16H2,1H3,(H,18,19). The molecule has 0 radical (unpaired) electrons. The molecular formula is C15H15N3OS. The monoisotopic (exact) mass is 285 g/mol. The van der Waals surface area contributed by atoms with E-state index in [2.05, 4.69) is 22.1 Å². The van der Waals surface area contributed by atoms with Crippen molar-refractivity contribution in [2.45, 2.75) is 13.5 Å². The molecule has 3 N–H and O–H groups in total. The molecule has 2 aromatic rings. The molecule has 102 valence electrons. The summed E-state index contributed by atoms with van der Waals surface area (Å²) in [6.45, 7) is 2.79. The second kappa shape index (κ2) is 6.85. The Hall–Kier alpha value is -2.16. The Labute approximate surface area is 122 Å². The Kier molecular flexibility index (Phi) is 4.88. The average Bonchev–Trinajstić information content (AvgIpc) is 2.93. The molecule has 0 aromatic carbocycles. The summed E-state index contributed by atoms with van der Waals surface area (Å²) < 4.78 is 0. The van der Waals surface area contributed by atoms with Crippen molar-refractivity contribution in [3.05, 3.63) is 51.5 Å². The van der Waals surface area contributed by atoms with Crippen molar-refractivity contribution < 1.29 is 4.79 Å². The average molecular weight is 285 g/mol. The molecule has 20 heavy (non-hydrogen) atoms. The smallest absolute Gasteiger partial charge is 0.261 e. The Morgan fingerprint density at radius 3 is 3.05 bits per heavy atom. The van der Waals surface area contributed by atoms with Gasteiger partial charge in [0.05, 0.1) is 16.3 Å². The molecule has 1 amide bonds. The van der Waals surface area contributed by atoms with Crippen LogP contribution in [0.15, 0.2) is 30.6 Å². The summed E-state index contributed by atoms with van der Waals surface area (Å²) in [6.07, 6.45) is 3.50. The van der Waals surface area contributed by atoms with Gasteiger partial charge in [-0.25, -0.2) is 0 Å². The summed E-state index contributed by atoms with van der Waals surface area (Å²) in [4.78, 5) is 17.6. The van der Waals surface area contributed by atoms with Crippen molar-refractivity contribution in [2.75, 3.05) is 6.54 Å². The summed E-state index contributed by atoms with van der Waals surface area (Å²) >= 11 is 1.36. The molecule has 0 bridgehead atoms. The van der Waals surface area contributed by atoms with E-state index in [0.29, 0.717) is 18.0 Å². The number of nitrogens with one attached hydrogen (secondary N) is 1. The van der Waals surface area contributed by atoms with Crippen LogP contribution in [0.1, 0.15) is 25.7 Å². The van der Waals surface area contributed by atoms with Gasteiger partial charge in [0.1, 0.15) is 0 Å². The molecule has 2 aromatic heterocycles. The van der Waals surface area contributed by atoms with Gasteiger partial charge in [0.25, 0.3) is 5.91 Å². The highest BCUT2D eigenvalue weighted by Crippen LogP contribution is 2.15. The number of carbonyl (C=O) groups is 1. The lowest BCUT2D eigenvalue weighted by Gasteiger charge is -2.05. The highest BCUT2D eigenvalue weighted by atomic mass is 32.1. The molecule has 0 aliphatic rings. The number of nitrogens with zero attached hydrogens (tertiary/aromatic N) is 1. The molecule has 0 saturated carbocycles. The lowest BCUT2D eigenvalue weighted by Crippen LogP contribution is -2.22. The Bertz CT molecular complexity index is 667. The molecular weight excluding hydrogens is 270 g/mol. The first kappa shape index (κ1) is 14.3. The fourth-order valence-corrected chi connectivity index (χ4v) is 2.41. The number of hydrogen-bond donors (Lipinski definition) is 2. The fraction of sp³-hybridized carbons (Fsp3) is 0.200. The van der Waals surface area contributed by atoms with Crippen LogP contribution in [0.2, 0.25) is 0 Å². The van der Waals surface area contributed by atoms with Gasteiger partial charge in [-0.05, 0) is 36.2 Å². The van der Waals surface area contributed by atoms with Crippen molar-refractivity contribution in [3.8, 4) is 11.8 Å².